The van der Waals surface area contributed by atoms with Gasteiger partial charge in [0.15, 0.2) is 5.75 Å². The molecule has 0 radical (unpaired) electrons. The summed E-state index contributed by atoms with van der Waals surface area (Å²) in [7, 11) is 0. The Bertz CT molecular complexity index is 768. The van der Waals surface area contributed by atoms with Crippen molar-refractivity contribution < 1.29 is 4.74 Å². The molecule has 0 spiro atoms. The molecular formula is C17H15BrN2O. The maximum absolute atomic E-state index is 6.09. The van der Waals surface area contributed by atoms with E-state index in [1.54, 1.807) is 6.20 Å². The molecule has 106 valence electrons. The first-order chi connectivity index (χ1) is 10.3. The van der Waals surface area contributed by atoms with Gasteiger partial charge in [0, 0.05) is 16.1 Å². The second-order valence-electron chi connectivity index (χ2n) is 4.72. The van der Waals surface area contributed by atoms with E-state index in [2.05, 4.69) is 20.9 Å². The molecule has 1 aromatic heterocycles. The van der Waals surface area contributed by atoms with Gasteiger partial charge < -0.3 is 10.5 Å². The van der Waals surface area contributed by atoms with Gasteiger partial charge in [0.05, 0.1) is 0 Å². The third kappa shape index (κ3) is 3.06. The summed E-state index contributed by atoms with van der Waals surface area (Å²) in [6, 6.07) is 15.8. The smallest absolute Gasteiger partial charge is 0.153 e. The summed E-state index contributed by atoms with van der Waals surface area (Å²) in [5.74, 6) is 1.58. The zero-order valence-electron chi connectivity index (χ0n) is 11.4. The highest BCUT2D eigenvalue weighted by molar-refractivity contribution is 9.10. The number of rotatable bonds is 4. The van der Waals surface area contributed by atoms with E-state index in [1.165, 1.54) is 0 Å². The fourth-order valence-corrected chi connectivity index (χ4v) is 2.68. The number of fused-ring (bicyclic) bond motifs is 1. The van der Waals surface area contributed by atoms with E-state index in [9.17, 15) is 0 Å². The minimum Gasteiger partial charge on any atom is -0.455 e. The summed E-state index contributed by atoms with van der Waals surface area (Å²) in [5.41, 5.74) is 7.63. The van der Waals surface area contributed by atoms with E-state index in [0.29, 0.717) is 6.54 Å². The Morgan fingerprint density at radius 2 is 1.90 bits per heavy atom. The molecule has 3 rings (SSSR count). The molecule has 21 heavy (non-hydrogen) atoms. The Hall–Kier alpha value is -1.91. The molecule has 0 aliphatic carbocycles. The summed E-state index contributed by atoms with van der Waals surface area (Å²) in [4.78, 5) is 4.41. The minimum absolute atomic E-state index is 0.584. The average molecular weight is 343 g/mol. The monoisotopic (exact) mass is 342 g/mol. The third-order valence-corrected chi connectivity index (χ3v) is 3.75. The Balaban J connectivity index is 2.02. The lowest BCUT2D eigenvalue weighted by molar-refractivity contribution is 0.480. The Labute approximate surface area is 131 Å². The molecule has 0 amide bonds. The predicted octanol–water partition coefficient (Wildman–Crippen LogP) is 4.29. The number of benzene rings is 2. The summed E-state index contributed by atoms with van der Waals surface area (Å²) >= 11 is 3.48. The highest BCUT2D eigenvalue weighted by Crippen LogP contribution is 2.31. The summed E-state index contributed by atoms with van der Waals surface area (Å²) in [6.45, 7) is 0.584. The Morgan fingerprint density at radius 1 is 1.05 bits per heavy atom. The van der Waals surface area contributed by atoms with Crippen LogP contribution in [0, 0.1) is 0 Å². The lowest BCUT2D eigenvalue weighted by atomic mass is 10.1. The summed E-state index contributed by atoms with van der Waals surface area (Å²) < 4.78 is 7.11. The quantitative estimate of drug-likeness (QED) is 0.769. The van der Waals surface area contributed by atoms with Crippen molar-refractivity contribution in [3.8, 4) is 11.5 Å². The average Bonchev–Trinajstić information content (AvgIpc) is 2.50. The molecule has 0 unspecified atom stereocenters. The molecule has 4 heteroatoms. The van der Waals surface area contributed by atoms with Crippen LogP contribution in [0.3, 0.4) is 0 Å². The second kappa shape index (κ2) is 6.24. The molecule has 0 aliphatic rings. The highest BCUT2D eigenvalue weighted by atomic mass is 79.9. The number of pyridine rings is 1. The molecule has 0 saturated carbocycles. The number of ether oxygens (including phenoxy) is 1. The van der Waals surface area contributed by atoms with Crippen LogP contribution in [0.1, 0.15) is 5.56 Å². The third-order valence-electron chi connectivity index (χ3n) is 3.25. The van der Waals surface area contributed by atoms with Crippen molar-refractivity contribution in [3.05, 3.63) is 64.8 Å². The molecule has 0 aliphatic heterocycles. The van der Waals surface area contributed by atoms with E-state index in [0.717, 1.165) is 38.9 Å². The topological polar surface area (TPSA) is 48.1 Å². The largest absolute Gasteiger partial charge is 0.455 e. The zero-order valence-corrected chi connectivity index (χ0v) is 13.0. The Kier molecular flexibility index (Phi) is 4.18. The fraction of sp³-hybridized carbons (Fsp3) is 0.118. The summed E-state index contributed by atoms with van der Waals surface area (Å²) in [6.07, 6.45) is 2.55. The number of halogens is 1. The van der Waals surface area contributed by atoms with Crippen molar-refractivity contribution in [3.63, 3.8) is 0 Å². The Morgan fingerprint density at radius 3 is 2.76 bits per heavy atom. The molecule has 3 aromatic rings. The van der Waals surface area contributed by atoms with Gasteiger partial charge in [-0.05, 0) is 48.9 Å². The van der Waals surface area contributed by atoms with Gasteiger partial charge in [-0.2, -0.15) is 0 Å². The molecule has 2 N–H and O–H groups in total. The number of hydrogen-bond acceptors (Lipinski definition) is 3. The van der Waals surface area contributed by atoms with Gasteiger partial charge in [-0.1, -0.05) is 34.1 Å². The molecule has 0 atom stereocenters. The van der Waals surface area contributed by atoms with Crippen LogP contribution >= 0.6 is 15.9 Å². The van der Waals surface area contributed by atoms with Crippen LogP contribution in [0.15, 0.2) is 59.2 Å². The number of para-hydroxylation sites is 1. The maximum atomic E-state index is 6.09. The van der Waals surface area contributed by atoms with Gasteiger partial charge in [-0.15, -0.1) is 0 Å². The lowest BCUT2D eigenvalue weighted by Crippen LogP contribution is -2.04. The molecule has 3 nitrogen and oxygen atoms in total. The van der Waals surface area contributed by atoms with Crippen molar-refractivity contribution in [1.82, 2.24) is 4.98 Å². The normalized spacial score (nSPS) is 10.8. The van der Waals surface area contributed by atoms with Gasteiger partial charge >= 0.3 is 0 Å². The molecule has 0 bridgehead atoms. The van der Waals surface area contributed by atoms with Crippen molar-refractivity contribution in [2.75, 3.05) is 6.54 Å². The maximum Gasteiger partial charge on any atom is 0.153 e. The van der Waals surface area contributed by atoms with Crippen molar-refractivity contribution in [1.29, 1.82) is 0 Å². The van der Waals surface area contributed by atoms with Gasteiger partial charge in [0.1, 0.15) is 11.3 Å². The van der Waals surface area contributed by atoms with E-state index in [1.807, 2.05) is 48.5 Å². The van der Waals surface area contributed by atoms with Gasteiger partial charge in [0.2, 0.25) is 0 Å². The molecule has 0 fully saturated rings. The van der Waals surface area contributed by atoms with Crippen LogP contribution in [0.25, 0.3) is 10.9 Å². The predicted molar refractivity (Wildman–Crippen MR) is 88.7 cm³/mol. The second-order valence-corrected chi connectivity index (χ2v) is 5.64. The van der Waals surface area contributed by atoms with E-state index >= 15 is 0 Å². The van der Waals surface area contributed by atoms with E-state index in [-0.39, 0.29) is 0 Å². The molecule has 2 aromatic carbocycles. The molecular weight excluding hydrogens is 328 g/mol. The summed E-state index contributed by atoms with van der Waals surface area (Å²) in [5, 5.41) is 1.06. The van der Waals surface area contributed by atoms with Crippen LogP contribution in [-0.4, -0.2) is 11.5 Å². The van der Waals surface area contributed by atoms with Crippen LogP contribution in [0.2, 0.25) is 0 Å². The number of hydrogen-bond donors (Lipinski definition) is 1. The van der Waals surface area contributed by atoms with Gasteiger partial charge in [-0.25, -0.2) is 0 Å². The first kappa shape index (κ1) is 14.0. The van der Waals surface area contributed by atoms with Gasteiger partial charge in [0.25, 0.3) is 0 Å². The van der Waals surface area contributed by atoms with Crippen molar-refractivity contribution in [2.24, 2.45) is 5.73 Å². The van der Waals surface area contributed by atoms with Crippen molar-refractivity contribution >= 4 is 26.8 Å². The standard InChI is InChI=1S/C17H15BrN2O/c18-14-6-7-15(13(11-14)8-9-19)21-16-5-1-3-12-4-2-10-20-17(12)16/h1-7,10-11H,8-9,19H2. The molecule has 0 saturated heterocycles. The minimum atomic E-state index is 0.584. The fourth-order valence-electron chi connectivity index (χ4n) is 2.28. The van der Waals surface area contributed by atoms with Crippen LogP contribution in [0.5, 0.6) is 11.5 Å². The number of nitrogens with zero attached hydrogens (tertiary/aromatic N) is 1. The van der Waals surface area contributed by atoms with Crippen LogP contribution in [0.4, 0.5) is 0 Å². The lowest BCUT2D eigenvalue weighted by Gasteiger charge is -2.12. The van der Waals surface area contributed by atoms with Crippen molar-refractivity contribution in [2.45, 2.75) is 6.42 Å². The molecule has 1 heterocycles. The zero-order chi connectivity index (χ0) is 14.7. The van der Waals surface area contributed by atoms with E-state index < -0.39 is 0 Å². The SMILES string of the molecule is NCCc1cc(Br)ccc1Oc1cccc2cccnc12. The van der Waals surface area contributed by atoms with Crippen LogP contribution < -0.4 is 10.5 Å². The first-order valence-electron chi connectivity index (χ1n) is 6.78. The van der Waals surface area contributed by atoms with Crippen LogP contribution in [-0.2, 0) is 6.42 Å². The first-order valence-corrected chi connectivity index (χ1v) is 7.57. The highest BCUT2D eigenvalue weighted by Gasteiger charge is 2.08. The van der Waals surface area contributed by atoms with E-state index in [4.69, 9.17) is 10.5 Å². The number of aromatic nitrogens is 1. The van der Waals surface area contributed by atoms with Gasteiger partial charge in [-0.3, -0.25) is 4.98 Å². The number of nitrogens with two attached hydrogens (primary N) is 1.